The zero-order valence-electron chi connectivity index (χ0n) is 22.6. The van der Waals surface area contributed by atoms with Crippen molar-refractivity contribution in [2.45, 2.75) is 114 Å². The van der Waals surface area contributed by atoms with Crippen molar-refractivity contribution in [3.8, 4) is 0 Å². The lowest BCUT2D eigenvalue weighted by Gasteiger charge is -2.41. The number of benzene rings is 2. The number of nitrogens with zero attached hydrogens (tertiary/aromatic N) is 1. The standard InChI is InChI=1S/C31H46NOPS/c1-24-16-12-13-21-27(24)30(32(5)35(33)31(2,3)4)28-22-14-15-23-29(28)34(25-17-8-6-9-18-25)26-19-10-7-11-20-26/h12-16,21-23,25-26,30H,6-11,17-20H2,1-5H3/t30-,35?/m1/s1. The fourth-order valence-corrected chi connectivity index (χ4v) is 11.6. The molecule has 4 heteroatoms. The normalized spacial score (nSPS) is 20.3. The van der Waals surface area contributed by atoms with E-state index in [-0.39, 0.29) is 18.7 Å². The van der Waals surface area contributed by atoms with Crippen LogP contribution < -0.4 is 5.30 Å². The molecule has 0 amide bonds. The van der Waals surface area contributed by atoms with Gasteiger partial charge in [0, 0.05) is 7.05 Å². The van der Waals surface area contributed by atoms with Crippen LogP contribution in [-0.2, 0) is 11.0 Å². The molecule has 2 aliphatic rings. The van der Waals surface area contributed by atoms with Crippen LogP contribution in [0.15, 0.2) is 48.5 Å². The summed E-state index contributed by atoms with van der Waals surface area (Å²) in [4.78, 5) is 0. The van der Waals surface area contributed by atoms with Crippen molar-refractivity contribution in [1.29, 1.82) is 0 Å². The smallest absolute Gasteiger partial charge is 0.100 e. The van der Waals surface area contributed by atoms with E-state index in [9.17, 15) is 4.21 Å². The highest BCUT2D eigenvalue weighted by molar-refractivity contribution is 7.84. The van der Waals surface area contributed by atoms with Gasteiger partial charge >= 0.3 is 0 Å². The van der Waals surface area contributed by atoms with Crippen molar-refractivity contribution in [1.82, 2.24) is 4.31 Å². The van der Waals surface area contributed by atoms with Crippen molar-refractivity contribution >= 4 is 24.2 Å². The molecule has 0 heterocycles. The molecule has 192 valence electrons. The maximum atomic E-state index is 13.8. The van der Waals surface area contributed by atoms with E-state index < -0.39 is 11.0 Å². The van der Waals surface area contributed by atoms with E-state index in [2.05, 4.69) is 87.6 Å². The van der Waals surface area contributed by atoms with E-state index >= 15 is 0 Å². The lowest BCUT2D eigenvalue weighted by Crippen LogP contribution is -2.40. The molecule has 35 heavy (non-hydrogen) atoms. The summed E-state index contributed by atoms with van der Waals surface area (Å²) in [5.74, 6) is 0. The van der Waals surface area contributed by atoms with Crippen LogP contribution in [0.3, 0.4) is 0 Å². The van der Waals surface area contributed by atoms with Gasteiger partial charge in [0.25, 0.3) is 0 Å². The van der Waals surface area contributed by atoms with Crippen LogP contribution in [0.1, 0.15) is 108 Å². The Morgan fingerprint density at radius 1 is 0.800 bits per heavy atom. The van der Waals surface area contributed by atoms with Crippen LogP contribution in [-0.4, -0.2) is 31.6 Å². The van der Waals surface area contributed by atoms with Crippen molar-refractivity contribution in [3.63, 3.8) is 0 Å². The SMILES string of the molecule is Cc1ccccc1[C@H](c1ccccc1P(C1CCCCC1)C1CCCCC1)N(C)S(=O)C(C)(C)C. The van der Waals surface area contributed by atoms with Gasteiger partial charge < -0.3 is 0 Å². The third-order valence-electron chi connectivity index (χ3n) is 8.08. The summed E-state index contributed by atoms with van der Waals surface area (Å²) in [6.07, 6.45) is 14.0. The second kappa shape index (κ2) is 12.0. The molecular weight excluding hydrogens is 465 g/mol. The van der Waals surface area contributed by atoms with Gasteiger partial charge in [-0.2, -0.15) is 0 Å². The fourth-order valence-electron chi connectivity index (χ4n) is 6.34. The van der Waals surface area contributed by atoms with Crippen LogP contribution in [0.25, 0.3) is 0 Å². The molecule has 0 saturated heterocycles. The summed E-state index contributed by atoms with van der Waals surface area (Å²) in [5, 5.41) is 1.60. The van der Waals surface area contributed by atoms with Crippen LogP contribution >= 0.6 is 7.92 Å². The molecule has 0 aliphatic heterocycles. The maximum Gasteiger partial charge on any atom is 0.100 e. The van der Waals surface area contributed by atoms with Crippen LogP contribution in [0.2, 0.25) is 0 Å². The lowest BCUT2D eigenvalue weighted by atomic mass is 9.95. The van der Waals surface area contributed by atoms with Crippen molar-refractivity contribution in [2.75, 3.05) is 7.05 Å². The van der Waals surface area contributed by atoms with Gasteiger partial charge in [0.2, 0.25) is 0 Å². The predicted octanol–water partition coefficient (Wildman–Crippen LogP) is 8.25. The largest absolute Gasteiger partial charge is 0.242 e. The van der Waals surface area contributed by atoms with Gasteiger partial charge in [-0.1, -0.05) is 95.0 Å². The summed E-state index contributed by atoms with van der Waals surface area (Å²) in [6.45, 7) is 8.50. The Bertz CT molecular complexity index is 969. The molecule has 1 unspecified atom stereocenters. The quantitative estimate of drug-likeness (QED) is 0.343. The zero-order chi connectivity index (χ0) is 25.0. The Balaban J connectivity index is 1.85. The van der Waals surface area contributed by atoms with Crippen molar-refractivity contribution in [2.24, 2.45) is 0 Å². The molecule has 0 N–H and O–H groups in total. The highest BCUT2D eigenvalue weighted by Gasteiger charge is 2.37. The molecule has 0 bridgehead atoms. The third kappa shape index (κ3) is 6.28. The monoisotopic (exact) mass is 511 g/mol. The number of hydrogen-bond acceptors (Lipinski definition) is 1. The molecule has 2 nitrogen and oxygen atoms in total. The molecule has 2 aromatic carbocycles. The Labute approximate surface area is 218 Å². The second-order valence-corrected chi connectivity index (χ2v) is 16.8. The van der Waals surface area contributed by atoms with E-state index in [0.29, 0.717) is 0 Å². The fraction of sp³-hybridized carbons (Fsp3) is 0.613. The van der Waals surface area contributed by atoms with Crippen LogP contribution in [0, 0.1) is 6.92 Å². The minimum atomic E-state index is -1.11. The molecule has 2 aromatic rings. The maximum absolute atomic E-state index is 13.8. The topological polar surface area (TPSA) is 20.3 Å². The summed E-state index contributed by atoms with van der Waals surface area (Å²) < 4.78 is 15.7. The van der Waals surface area contributed by atoms with Gasteiger partial charge in [-0.3, -0.25) is 0 Å². The number of hydrogen-bond donors (Lipinski definition) is 0. The average molecular weight is 512 g/mol. The van der Waals surface area contributed by atoms with Gasteiger partial charge in [-0.15, -0.1) is 0 Å². The summed E-state index contributed by atoms with van der Waals surface area (Å²) in [7, 11) is 0.727. The highest BCUT2D eigenvalue weighted by atomic mass is 32.2. The minimum absolute atomic E-state index is 0.00430. The lowest BCUT2D eigenvalue weighted by molar-refractivity contribution is 0.439. The van der Waals surface area contributed by atoms with E-state index in [4.69, 9.17) is 0 Å². The Morgan fingerprint density at radius 3 is 1.80 bits per heavy atom. The molecule has 2 saturated carbocycles. The van der Waals surface area contributed by atoms with E-state index in [1.165, 1.54) is 80.9 Å². The van der Waals surface area contributed by atoms with Gasteiger partial charge in [-0.05, 0) is 86.7 Å². The summed E-state index contributed by atoms with van der Waals surface area (Å²) in [5.41, 5.74) is 5.68. The molecular formula is C31H46NOPS. The van der Waals surface area contributed by atoms with Gasteiger partial charge in [-0.25, -0.2) is 8.51 Å². The van der Waals surface area contributed by atoms with Gasteiger partial charge in [0.15, 0.2) is 0 Å². The Morgan fingerprint density at radius 2 is 1.29 bits per heavy atom. The van der Waals surface area contributed by atoms with E-state index in [1.807, 2.05) is 0 Å². The third-order valence-corrected chi connectivity index (χ3v) is 13.4. The van der Waals surface area contributed by atoms with E-state index in [0.717, 1.165) is 11.3 Å². The zero-order valence-corrected chi connectivity index (χ0v) is 24.3. The number of rotatable bonds is 7. The first-order chi connectivity index (χ1) is 16.8. The minimum Gasteiger partial charge on any atom is -0.242 e. The number of aryl methyl sites for hydroxylation is 1. The summed E-state index contributed by atoms with van der Waals surface area (Å²) >= 11 is 0. The van der Waals surface area contributed by atoms with Crippen molar-refractivity contribution < 1.29 is 4.21 Å². The average Bonchev–Trinajstić information content (AvgIpc) is 2.86. The van der Waals surface area contributed by atoms with Crippen LogP contribution in [0.4, 0.5) is 0 Å². The van der Waals surface area contributed by atoms with Crippen LogP contribution in [0.5, 0.6) is 0 Å². The first-order valence-corrected chi connectivity index (χ1v) is 16.5. The summed E-state index contributed by atoms with van der Waals surface area (Å²) in [6, 6.07) is 18.1. The predicted molar refractivity (Wildman–Crippen MR) is 155 cm³/mol. The van der Waals surface area contributed by atoms with Gasteiger partial charge in [0.1, 0.15) is 11.0 Å². The first-order valence-electron chi connectivity index (χ1n) is 13.9. The molecule has 0 aromatic heterocycles. The molecule has 0 spiro atoms. The van der Waals surface area contributed by atoms with Crippen molar-refractivity contribution in [3.05, 3.63) is 65.2 Å². The molecule has 2 fully saturated rings. The van der Waals surface area contributed by atoms with E-state index in [1.54, 1.807) is 5.30 Å². The van der Waals surface area contributed by atoms with Gasteiger partial charge in [0.05, 0.1) is 10.8 Å². The second-order valence-electron chi connectivity index (χ2n) is 11.7. The Hall–Kier alpha value is -1.02. The highest BCUT2D eigenvalue weighted by Crippen LogP contribution is 2.56. The molecule has 2 aliphatic carbocycles. The molecule has 2 atom stereocenters. The molecule has 4 rings (SSSR count). The first kappa shape index (κ1) is 27.0. The Kier molecular flexibility index (Phi) is 9.28. The molecule has 0 radical (unpaired) electrons.